The number of carbonyl (C=O) groups is 1. The molecule has 118 valence electrons. The summed E-state index contributed by atoms with van der Waals surface area (Å²) in [6, 6.07) is 7.75. The smallest absolute Gasteiger partial charge is 0.347 e. The Morgan fingerprint density at radius 3 is 2.91 bits per heavy atom. The molecule has 0 saturated heterocycles. The van der Waals surface area contributed by atoms with Crippen LogP contribution in [0.4, 0.5) is 5.82 Å². The largest absolute Gasteiger partial charge is 0.361 e. The molecular weight excluding hydrogens is 292 g/mol. The lowest BCUT2D eigenvalue weighted by molar-refractivity contribution is -0.116. The summed E-state index contributed by atoms with van der Waals surface area (Å²) in [7, 11) is 0. The first-order valence-electron chi connectivity index (χ1n) is 7.46. The third kappa shape index (κ3) is 3.31. The standard InChI is InChI=1S/C17H18N4O2/c1-10-4-3-5-13-12(9-18-16(10)13)6-7-15(22)20-14-8-11(2)19-17(23)21-14/h3-5,8-9,18H,6-7H2,1-2H3,(H2,19,20,21,22,23). The molecule has 0 unspecified atom stereocenters. The van der Waals surface area contributed by atoms with Gasteiger partial charge in [0, 0.05) is 35.3 Å². The van der Waals surface area contributed by atoms with Crippen LogP contribution in [0.5, 0.6) is 0 Å². The minimum atomic E-state index is -0.465. The average Bonchev–Trinajstić information content (AvgIpc) is 2.88. The van der Waals surface area contributed by atoms with Crippen LogP contribution in [-0.2, 0) is 11.2 Å². The number of hydrogen-bond donors (Lipinski definition) is 3. The van der Waals surface area contributed by atoms with Gasteiger partial charge in [0.05, 0.1) is 0 Å². The molecule has 6 nitrogen and oxygen atoms in total. The Hall–Kier alpha value is -2.89. The molecule has 0 spiro atoms. The molecule has 1 aromatic carbocycles. The molecule has 0 aliphatic carbocycles. The lowest BCUT2D eigenvalue weighted by atomic mass is 10.1. The minimum absolute atomic E-state index is 0.162. The highest BCUT2D eigenvalue weighted by Crippen LogP contribution is 2.22. The Bertz CT molecular complexity index is 924. The fourth-order valence-corrected chi connectivity index (χ4v) is 2.67. The van der Waals surface area contributed by atoms with Gasteiger partial charge in [0.1, 0.15) is 5.82 Å². The molecule has 0 bridgehead atoms. The number of para-hydroxylation sites is 1. The summed E-state index contributed by atoms with van der Waals surface area (Å²) in [5.74, 6) is 0.121. The van der Waals surface area contributed by atoms with Crippen molar-refractivity contribution in [1.82, 2.24) is 15.0 Å². The summed E-state index contributed by atoms with van der Waals surface area (Å²) in [6.07, 6.45) is 2.90. The number of fused-ring (bicyclic) bond motifs is 1. The second kappa shape index (κ2) is 6.08. The van der Waals surface area contributed by atoms with E-state index < -0.39 is 5.69 Å². The van der Waals surface area contributed by atoms with E-state index in [4.69, 9.17) is 0 Å². The van der Waals surface area contributed by atoms with Crippen LogP contribution in [0.25, 0.3) is 10.9 Å². The van der Waals surface area contributed by atoms with Gasteiger partial charge >= 0.3 is 5.69 Å². The number of aryl methyl sites for hydroxylation is 3. The van der Waals surface area contributed by atoms with Gasteiger partial charge in [-0.05, 0) is 31.4 Å². The summed E-state index contributed by atoms with van der Waals surface area (Å²) < 4.78 is 0. The molecule has 2 aromatic heterocycles. The van der Waals surface area contributed by atoms with E-state index in [0.717, 1.165) is 16.5 Å². The molecule has 0 aliphatic rings. The molecule has 0 atom stereocenters. The predicted octanol–water partition coefficient (Wildman–Crippen LogP) is 2.44. The molecule has 2 heterocycles. The van der Waals surface area contributed by atoms with E-state index in [-0.39, 0.29) is 11.7 Å². The maximum absolute atomic E-state index is 12.1. The molecule has 6 heteroatoms. The van der Waals surface area contributed by atoms with Gasteiger partial charge in [-0.25, -0.2) is 4.79 Å². The van der Waals surface area contributed by atoms with E-state index in [2.05, 4.69) is 33.3 Å². The summed E-state index contributed by atoms with van der Waals surface area (Å²) in [5.41, 5.74) is 3.59. The van der Waals surface area contributed by atoms with E-state index in [1.54, 1.807) is 13.0 Å². The minimum Gasteiger partial charge on any atom is -0.361 e. The quantitative estimate of drug-likeness (QED) is 0.691. The maximum atomic E-state index is 12.1. The summed E-state index contributed by atoms with van der Waals surface area (Å²) in [4.78, 5) is 32.9. The monoisotopic (exact) mass is 310 g/mol. The van der Waals surface area contributed by atoms with E-state index in [9.17, 15) is 9.59 Å². The number of carbonyl (C=O) groups excluding carboxylic acids is 1. The third-order valence-electron chi connectivity index (χ3n) is 3.78. The second-order valence-corrected chi connectivity index (χ2v) is 5.61. The molecule has 3 N–H and O–H groups in total. The van der Waals surface area contributed by atoms with E-state index >= 15 is 0 Å². The van der Waals surface area contributed by atoms with Crippen LogP contribution in [0.1, 0.15) is 23.2 Å². The topological polar surface area (TPSA) is 90.6 Å². The van der Waals surface area contributed by atoms with Crippen molar-refractivity contribution in [3.8, 4) is 0 Å². The summed E-state index contributed by atoms with van der Waals surface area (Å²) >= 11 is 0. The zero-order valence-electron chi connectivity index (χ0n) is 13.1. The van der Waals surface area contributed by atoms with Crippen LogP contribution in [0.2, 0.25) is 0 Å². The second-order valence-electron chi connectivity index (χ2n) is 5.61. The van der Waals surface area contributed by atoms with E-state index in [0.29, 0.717) is 18.5 Å². The molecular formula is C17H18N4O2. The number of hydrogen-bond acceptors (Lipinski definition) is 3. The number of nitrogens with one attached hydrogen (secondary N) is 3. The molecule has 3 rings (SSSR count). The molecule has 1 amide bonds. The molecule has 0 fully saturated rings. The first-order valence-corrected chi connectivity index (χ1v) is 7.46. The van der Waals surface area contributed by atoms with Crippen LogP contribution < -0.4 is 11.0 Å². The molecule has 0 radical (unpaired) electrons. The number of nitrogens with zero attached hydrogens (tertiary/aromatic N) is 1. The Labute approximate surface area is 133 Å². The van der Waals surface area contributed by atoms with Crippen molar-refractivity contribution in [2.45, 2.75) is 26.7 Å². The number of anilines is 1. The van der Waals surface area contributed by atoms with Crippen molar-refractivity contribution in [1.29, 1.82) is 0 Å². The number of aromatic nitrogens is 3. The summed E-state index contributed by atoms with van der Waals surface area (Å²) in [6.45, 7) is 3.79. The van der Waals surface area contributed by atoms with Crippen molar-refractivity contribution in [3.05, 3.63) is 57.8 Å². The first kappa shape index (κ1) is 15.0. The van der Waals surface area contributed by atoms with Gasteiger partial charge in [0.2, 0.25) is 5.91 Å². The number of H-pyrrole nitrogens is 2. The maximum Gasteiger partial charge on any atom is 0.347 e. The Morgan fingerprint density at radius 2 is 2.13 bits per heavy atom. The van der Waals surface area contributed by atoms with Gasteiger partial charge in [-0.1, -0.05) is 18.2 Å². The normalized spacial score (nSPS) is 10.9. The van der Waals surface area contributed by atoms with E-state index in [1.165, 1.54) is 5.56 Å². The highest BCUT2D eigenvalue weighted by atomic mass is 16.2. The summed E-state index contributed by atoms with van der Waals surface area (Å²) in [5, 5.41) is 3.81. The van der Waals surface area contributed by atoms with Gasteiger partial charge in [0.25, 0.3) is 0 Å². The van der Waals surface area contributed by atoms with Crippen LogP contribution in [0.15, 0.2) is 35.3 Å². The van der Waals surface area contributed by atoms with Crippen molar-refractivity contribution in [3.63, 3.8) is 0 Å². The molecule has 3 aromatic rings. The highest BCUT2D eigenvalue weighted by molar-refractivity contribution is 5.91. The van der Waals surface area contributed by atoms with Gasteiger partial charge < -0.3 is 15.3 Å². The van der Waals surface area contributed by atoms with Crippen LogP contribution in [0.3, 0.4) is 0 Å². The third-order valence-corrected chi connectivity index (χ3v) is 3.78. The SMILES string of the molecule is Cc1cc(NC(=O)CCc2c[nH]c3c(C)cccc23)nc(=O)[nH]1. The molecule has 0 saturated carbocycles. The van der Waals surface area contributed by atoms with Crippen molar-refractivity contribution >= 4 is 22.6 Å². The van der Waals surface area contributed by atoms with Crippen molar-refractivity contribution in [2.24, 2.45) is 0 Å². The van der Waals surface area contributed by atoms with E-state index in [1.807, 2.05) is 18.3 Å². The van der Waals surface area contributed by atoms with Crippen LogP contribution >= 0.6 is 0 Å². The fraction of sp³-hybridized carbons (Fsp3) is 0.235. The van der Waals surface area contributed by atoms with Gasteiger partial charge in [-0.3, -0.25) is 4.79 Å². The Balaban J connectivity index is 1.68. The van der Waals surface area contributed by atoms with Gasteiger partial charge in [-0.2, -0.15) is 4.98 Å². The van der Waals surface area contributed by atoms with Gasteiger partial charge in [0.15, 0.2) is 0 Å². The molecule has 23 heavy (non-hydrogen) atoms. The number of aromatic amines is 2. The van der Waals surface area contributed by atoms with Crippen LogP contribution in [-0.4, -0.2) is 20.9 Å². The average molecular weight is 310 g/mol. The number of rotatable bonds is 4. The van der Waals surface area contributed by atoms with Crippen LogP contribution in [0, 0.1) is 13.8 Å². The zero-order valence-corrected chi connectivity index (χ0v) is 13.1. The zero-order chi connectivity index (χ0) is 16.4. The number of amides is 1. The lowest BCUT2D eigenvalue weighted by Crippen LogP contribution is -2.19. The lowest BCUT2D eigenvalue weighted by Gasteiger charge is -2.04. The molecule has 0 aliphatic heterocycles. The number of benzene rings is 1. The Kier molecular flexibility index (Phi) is 3.97. The fourth-order valence-electron chi connectivity index (χ4n) is 2.67. The predicted molar refractivity (Wildman–Crippen MR) is 89.6 cm³/mol. The van der Waals surface area contributed by atoms with Crippen molar-refractivity contribution in [2.75, 3.05) is 5.32 Å². The first-order chi connectivity index (χ1) is 11.0. The van der Waals surface area contributed by atoms with Gasteiger partial charge in [-0.15, -0.1) is 0 Å². The van der Waals surface area contributed by atoms with Crippen molar-refractivity contribution < 1.29 is 4.79 Å². The highest BCUT2D eigenvalue weighted by Gasteiger charge is 2.09. The Morgan fingerprint density at radius 1 is 1.30 bits per heavy atom.